The molecular weight excluding hydrogens is 210 g/mol. The molecule has 0 radical (unpaired) electrons. The lowest BCUT2D eigenvalue weighted by Gasteiger charge is -2.23. The van der Waals surface area contributed by atoms with Crippen molar-refractivity contribution in [3.05, 3.63) is 40.6 Å². The molecule has 0 amide bonds. The van der Waals surface area contributed by atoms with E-state index in [4.69, 9.17) is 0 Å². The molecule has 94 valence electrons. The molecule has 1 aromatic rings. The monoisotopic (exact) mass is 233 g/mol. The zero-order chi connectivity index (χ0) is 12.5. The first-order valence-electron chi connectivity index (χ1n) is 6.63. The summed E-state index contributed by atoms with van der Waals surface area (Å²) in [7, 11) is 0. The van der Waals surface area contributed by atoms with Gasteiger partial charge < -0.3 is 4.90 Å². The minimum absolute atomic E-state index is 0.0861. The summed E-state index contributed by atoms with van der Waals surface area (Å²) in [5.41, 5.74) is 1.14. The second-order valence-corrected chi connectivity index (χ2v) is 4.38. The summed E-state index contributed by atoms with van der Waals surface area (Å²) in [5.74, 6) is 0. The third-order valence-electron chi connectivity index (χ3n) is 2.86. The van der Waals surface area contributed by atoms with Gasteiger partial charge in [-0.25, -0.2) is 0 Å². The van der Waals surface area contributed by atoms with Crippen molar-refractivity contribution < 1.29 is 0 Å². The van der Waals surface area contributed by atoms with Gasteiger partial charge in [0.25, 0.3) is 0 Å². The fourth-order valence-corrected chi connectivity index (χ4v) is 1.81. The maximum absolute atomic E-state index is 11.5. The van der Waals surface area contributed by atoms with Gasteiger partial charge in [0.15, 0.2) is 5.43 Å². The summed E-state index contributed by atoms with van der Waals surface area (Å²) in [6.07, 6.45) is 4.73. The largest absolute Gasteiger partial charge is 0.371 e. The van der Waals surface area contributed by atoms with Crippen LogP contribution < -0.4 is 10.3 Å². The van der Waals surface area contributed by atoms with Crippen LogP contribution >= 0.6 is 0 Å². The Morgan fingerprint density at radius 2 is 1.59 bits per heavy atom. The topological polar surface area (TPSA) is 20.3 Å². The molecule has 0 saturated heterocycles. The van der Waals surface area contributed by atoms with Crippen LogP contribution in [-0.2, 0) is 0 Å². The highest BCUT2D eigenvalue weighted by atomic mass is 16.1. The van der Waals surface area contributed by atoms with Crippen molar-refractivity contribution in [1.29, 1.82) is 0 Å². The zero-order valence-electron chi connectivity index (χ0n) is 11.0. The van der Waals surface area contributed by atoms with Crippen molar-refractivity contribution in [3.63, 3.8) is 0 Å². The van der Waals surface area contributed by atoms with Crippen LogP contribution in [0.2, 0.25) is 0 Å². The van der Waals surface area contributed by atoms with Gasteiger partial charge in [-0.1, -0.05) is 38.8 Å². The molecule has 0 saturated carbocycles. The average molecular weight is 233 g/mol. The molecule has 2 nitrogen and oxygen atoms in total. The van der Waals surface area contributed by atoms with Gasteiger partial charge in [0.2, 0.25) is 0 Å². The van der Waals surface area contributed by atoms with E-state index in [0.717, 1.165) is 18.8 Å². The summed E-state index contributed by atoms with van der Waals surface area (Å²) < 4.78 is 0. The predicted octanol–water partition coefficient (Wildman–Crippen LogP) is 3.45. The van der Waals surface area contributed by atoms with Gasteiger partial charge in [0, 0.05) is 24.8 Å². The van der Waals surface area contributed by atoms with Gasteiger partial charge in [-0.05, 0) is 25.0 Å². The van der Waals surface area contributed by atoms with Gasteiger partial charge in [-0.15, -0.1) is 0 Å². The Morgan fingerprint density at radius 1 is 1.00 bits per heavy atom. The van der Waals surface area contributed by atoms with Crippen molar-refractivity contribution in [3.8, 4) is 0 Å². The molecule has 0 bridgehead atoms. The lowest BCUT2D eigenvalue weighted by Crippen LogP contribution is -2.25. The summed E-state index contributed by atoms with van der Waals surface area (Å²) in [6, 6.07) is 9.14. The third kappa shape index (κ3) is 5.03. The highest BCUT2D eigenvalue weighted by Gasteiger charge is 2.04. The normalized spacial score (nSPS) is 10.2. The van der Waals surface area contributed by atoms with Gasteiger partial charge in [0.05, 0.1) is 0 Å². The number of anilines is 1. The van der Waals surface area contributed by atoms with E-state index in [0.29, 0.717) is 0 Å². The molecule has 0 aliphatic heterocycles. The molecule has 0 aromatic heterocycles. The van der Waals surface area contributed by atoms with Crippen LogP contribution in [0.5, 0.6) is 0 Å². The quantitative estimate of drug-likeness (QED) is 0.719. The highest BCUT2D eigenvalue weighted by molar-refractivity contribution is 5.45. The van der Waals surface area contributed by atoms with Gasteiger partial charge in [-0.2, -0.15) is 0 Å². The van der Waals surface area contributed by atoms with E-state index in [1.54, 1.807) is 12.1 Å². The van der Waals surface area contributed by atoms with Crippen LogP contribution in [0.1, 0.15) is 39.5 Å². The Hall–Kier alpha value is -1.31. The van der Waals surface area contributed by atoms with Crippen LogP contribution in [0, 0.1) is 0 Å². The van der Waals surface area contributed by atoms with E-state index in [1.807, 2.05) is 18.2 Å². The number of rotatable bonds is 7. The molecule has 0 heterocycles. The first kappa shape index (κ1) is 13.8. The van der Waals surface area contributed by atoms with Crippen LogP contribution in [0.3, 0.4) is 0 Å². The standard InChI is InChI=1S/C15H23NO/c1-3-5-11-16(12-6-4-2)14-9-7-8-10-15(17)13-14/h7-10,13H,3-6,11-12H2,1-2H3. The average Bonchev–Trinajstić information content (AvgIpc) is 2.54. The number of nitrogens with zero attached hydrogens (tertiary/aromatic N) is 1. The van der Waals surface area contributed by atoms with Crippen molar-refractivity contribution in [2.24, 2.45) is 0 Å². The summed E-state index contributed by atoms with van der Waals surface area (Å²) in [5, 5.41) is 0. The van der Waals surface area contributed by atoms with Crippen molar-refractivity contribution in [1.82, 2.24) is 0 Å². The third-order valence-corrected chi connectivity index (χ3v) is 2.86. The molecular formula is C15H23NO. The smallest absolute Gasteiger partial charge is 0.180 e. The Labute approximate surface area is 104 Å². The summed E-state index contributed by atoms with van der Waals surface area (Å²) >= 11 is 0. The van der Waals surface area contributed by atoms with E-state index < -0.39 is 0 Å². The molecule has 2 heteroatoms. The predicted molar refractivity (Wildman–Crippen MR) is 74.7 cm³/mol. The van der Waals surface area contributed by atoms with Crippen LogP contribution in [0.15, 0.2) is 35.1 Å². The van der Waals surface area contributed by atoms with Crippen molar-refractivity contribution >= 4 is 5.69 Å². The molecule has 17 heavy (non-hydrogen) atoms. The number of unbranched alkanes of at least 4 members (excludes halogenated alkanes) is 2. The number of hydrogen-bond donors (Lipinski definition) is 0. The lowest BCUT2D eigenvalue weighted by molar-refractivity contribution is 0.678. The summed E-state index contributed by atoms with van der Waals surface area (Å²) in [4.78, 5) is 13.8. The number of hydrogen-bond acceptors (Lipinski definition) is 2. The molecule has 0 aliphatic rings. The van der Waals surface area contributed by atoms with E-state index in [-0.39, 0.29) is 5.43 Å². The molecule has 0 atom stereocenters. The Balaban J connectivity index is 2.83. The zero-order valence-corrected chi connectivity index (χ0v) is 11.0. The van der Waals surface area contributed by atoms with Gasteiger partial charge >= 0.3 is 0 Å². The molecule has 0 unspecified atom stereocenters. The molecule has 0 N–H and O–H groups in total. The Bertz CT molecular complexity index is 367. The molecule has 0 fully saturated rings. The minimum Gasteiger partial charge on any atom is -0.371 e. The van der Waals surface area contributed by atoms with E-state index >= 15 is 0 Å². The van der Waals surface area contributed by atoms with Gasteiger partial charge in [0.1, 0.15) is 0 Å². The summed E-state index contributed by atoms with van der Waals surface area (Å²) in [6.45, 7) is 6.48. The highest BCUT2D eigenvalue weighted by Crippen LogP contribution is 2.12. The van der Waals surface area contributed by atoms with Crippen LogP contribution in [0.25, 0.3) is 0 Å². The van der Waals surface area contributed by atoms with E-state index in [2.05, 4.69) is 18.7 Å². The first-order valence-corrected chi connectivity index (χ1v) is 6.63. The SMILES string of the molecule is CCCCN(CCCC)c1ccccc(=O)c1. The van der Waals surface area contributed by atoms with Crippen molar-refractivity contribution in [2.45, 2.75) is 39.5 Å². The molecule has 1 aromatic carbocycles. The second kappa shape index (κ2) is 7.88. The molecule has 1 rings (SSSR count). The lowest BCUT2D eigenvalue weighted by atomic mass is 10.2. The van der Waals surface area contributed by atoms with Crippen molar-refractivity contribution in [2.75, 3.05) is 18.0 Å². The van der Waals surface area contributed by atoms with Gasteiger partial charge in [-0.3, -0.25) is 4.79 Å². The maximum Gasteiger partial charge on any atom is 0.180 e. The fourth-order valence-electron chi connectivity index (χ4n) is 1.81. The first-order chi connectivity index (χ1) is 8.27. The van der Waals surface area contributed by atoms with Crippen LogP contribution in [-0.4, -0.2) is 13.1 Å². The Kier molecular flexibility index (Phi) is 6.38. The molecule has 0 aliphatic carbocycles. The second-order valence-electron chi connectivity index (χ2n) is 4.38. The fraction of sp³-hybridized carbons (Fsp3) is 0.533. The Morgan fingerprint density at radius 3 is 2.18 bits per heavy atom. The van der Waals surface area contributed by atoms with E-state index in [1.165, 1.54) is 25.7 Å². The minimum atomic E-state index is 0.0861. The van der Waals surface area contributed by atoms with Crippen LogP contribution in [0.4, 0.5) is 5.69 Å². The molecule has 0 spiro atoms. The van der Waals surface area contributed by atoms with E-state index in [9.17, 15) is 4.79 Å². The maximum atomic E-state index is 11.5.